The second-order valence-electron chi connectivity index (χ2n) is 2.20. The van der Waals surface area contributed by atoms with Crippen molar-refractivity contribution in [3.05, 3.63) is 29.3 Å². The van der Waals surface area contributed by atoms with E-state index in [1.165, 1.54) is 6.20 Å². The third-order valence-electron chi connectivity index (χ3n) is 1.14. The van der Waals surface area contributed by atoms with Crippen molar-refractivity contribution in [2.75, 3.05) is 0 Å². The minimum atomic E-state index is 0.0281. The standard InChI is InChI=1S/C7H8N2O2/c1-5(2)7-8-3-6(11-7)4-9-10/h3H,1,4H2,2H3. The molecule has 1 aromatic heterocycles. The lowest BCUT2D eigenvalue weighted by Crippen LogP contribution is -1.73. The first-order chi connectivity index (χ1) is 5.24. The summed E-state index contributed by atoms with van der Waals surface area (Å²) in [4.78, 5) is 13.7. The van der Waals surface area contributed by atoms with Crippen LogP contribution in [0.1, 0.15) is 18.6 Å². The number of rotatable bonds is 3. The van der Waals surface area contributed by atoms with E-state index in [4.69, 9.17) is 4.42 Å². The number of nitrogens with zero attached hydrogens (tertiary/aromatic N) is 2. The zero-order chi connectivity index (χ0) is 8.27. The molecule has 0 aromatic carbocycles. The Hall–Kier alpha value is -1.45. The van der Waals surface area contributed by atoms with Crippen LogP contribution in [0.4, 0.5) is 0 Å². The van der Waals surface area contributed by atoms with Crippen LogP contribution < -0.4 is 0 Å². The van der Waals surface area contributed by atoms with E-state index in [-0.39, 0.29) is 6.54 Å². The van der Waals surface area contributed by atoms with Crippen molar-refractivity contribution in [1.29, 1.82) is 0 Å². The van der Waals surface area contributed by atoms with Gasteiger partial charge in [-0.2, -0.15) is 4.91 Å². The minimum absolute atomic E-state index is 0.0281. The molecule has 4 nitrogen and oxygen atoms in total. The second kappa shape index (κ2) is 3.09. The van der Waals surface area contributed by atoms with E-state index in [1.54, 1.807) is 6.92 Å². The summed E-state index contributed by atoms with van der Waals surface area (Å²) in [6.07, 6.45) is 1.48. The van der Waals surface area contributed by atoms with E-state index in [9.17, 15) is 4.91 Å². The first kappa shape index (κ1) is 7.65. The van der Waals surface area contributed by atoms with Crippen LogP contribution in [0.25, 0.3) is 5.57 Å². The lowest BCUT2D eigenvalue weighted by atomic mass is 10.4. The van der Waals surface area contributed by atoms with E-state index in [1.807, 2.05) is 0 Å². The Kier molecular flexibility index (Phi) is 2.15. The number of hydrogen-bond donors (Lipinski definition) is 0. The van der Waals surface area contributed by atoms with Gasteiger partial charge in [0.25, 0.3) is 0 Å². The number of allylic oxidation sites excluding steroid dienone is 1. The molecule has 0 fully saturated rings. The highest BCUT2D eigenvalue weighted by Gasteiger charge is 2.02. The molecule has 0 amide bonds. The highest BCUT2D eigenvalue weighted by molar-refractivity contribution is 5.52. The van der Waals surface area contributed by atoms with Crippen LogP contribution in [0, 0.1) is 4.91 Å². The summed E-state index contributed by atoms with van der Waals surface area (Å²) in [5.74, 6) is 0.932. The SMILES string of the molecule is C=C(C)c1ncc(CN=O)o1. The van der Waals surface area contributed by atoms with Crippen molar-refractivity contribution >= 4 is 5.57 Å². The highest BCUT2D eigenvalue weighted by Crippen LogP contribution is 2.11. The summed E-state index contributed by atoms with van der Waals surface area (Å²) < 4.78 is 5.08. The third-order valence-corrected chi connectivity index (χ3v) is 1.14. The largest absolute Gasteiger partial charge is 0.439 e. The molecular formula is C7H8N2O2. The van der Waals surface area contributed by atoms with E-state index in [0.717, 1.165) is 5.57 Å². The van der Waals surface area contributed by atoms with Crippen molar-refractivity contribution in [3.8, 4) is 0 Å². The average molecular weight is 152 g/mol. The molecule has 0 N–H and O–H groups in total. The van der Waals surface area contributed by atoms with Crippen molar-refractivity contribution in [2.24, 2.45) is 5.18 Å². The van der Waals surface area contributed by atoms with Gasteiger partial charge in [0, 0.05) is 5.57 Å². The number of aromatic nitrogens is 1. The topological polar surface area (TPSA) is 55.5 Å². The molecule has 0 saturated heterocycles. The molecule has 0 bridgehead atoms. The minimum Gasteiger partial charge on any atom is -0.439 e. The quantitative estimate of drug-likeness (QED) is 0.622. The van der Waals surface area contributed by atoms with Crippen LogP contribution >= 0.6 is 0 Å². The Balaban J connectivity index is 2.81. The second-order valence-corrected chi connectivity index (χ2v) is 2.20. The Morgan fingerprint density at radius 2 is 2.64 bits per heavy atom. The predicted molar refractivity (Wildman–Crippen MR) is 40.7 cm³/mol. The molecule has 11 heavy (non-hydrogen) atoms. The Morgan fingerprint density at radius 1 is 1.91 bits per heavy atom. The molecule has 1 heterocycles. The van der Waals surface area contributed by atoms with Crippen LogP contribution in [-0.4, -0.2) is 4.98 Å². The number of nitroso groups, excluding NO2 is 1. The van der Waals surface area contributed by atoms with E-state index >= 15 is 0 Å². The maximum absolute atomic E-state index is 9.79. The van der Waals surface area contributed by atoms with Crippen molar-refractivity contribution in [2.45, 2.75) is 13.5 Å². The molecule has 0 saturated carbocycles. The van der Waals surface area contributed by atoms with E-state index < -0.39 is 0 Å². The van der Waals surface area contributed by atoms with Crippen LogP contribution in [0.2, 0.25) is 0 Å². The van der Waals surface area contributed by atoms with Gasteiger partial charge in [0.2, 0.25) is 5.89 Å². The fraction of sp³-hybridized carbons (Fsp3) is 0.286. The monoisotopic (exact) mass is 152 g/mol. The van der Waals surface area contributed by atoms with Gasteiger partial charge in [-0.25, -0.2) is 4.98 Å². The lowest BCUT2D eigenvalue weighted by Gasteiger charge is -1.87. The molecule has 0 unspecified atom stereocenters. The van der Waals surface area contributed by atoms with Gasteiger partial charge in [-0.1, -0.05) is 11.8 Å². The fourth-order valence-corrected chi connectivity index (χ4v) is 0.642. The summed E-state index contributed by atoms with van der Waals surface area (Å²) >= 11 is 0. The van der Waals surface area contributed by atoms with Crippen molar-refractivity contribution < 1.29 is 4.42 Å². The Morgan fingerprint density at radius 3 is 3.09 bits per heavy atom. The van der Waals surface area contributed by atoms with Crippen LogP contribution in [0.5, 0.6) is 0 Å². The Bertz CT molecular complexity index is 278. The highest BCUT2D eigenvalue weighted by atomic mass is 16.4. The van der Waals surface area contributed by atoms with Crippen LogP contribution in [-0.2, 0) is 6.54 Å². The molecule has 1 rings (SSSR count). The molecule has 0 aliphatic rings. The number of oxazole rings is 1. The summed E-state index contributed by atoms with van der Waals surface area (Å²) in [6.45, 7) is 5.44. The first-order valence-electron chi connectivity index (χ1n) is 3.13. The van der Waals surface area contributed by atoms with E-state index in [0.29, 0.717) is 11.7 Å². The molecule has 0 spiro atoms. The molecule has 0 aliphatic carbocycles. The Labute approximate surface area is 63.9 Å². The van der Waals surface area contributed by atoms with Gasteiger partial charge in [-0.15, -0.1) is 0 Å². The predicted octanol–water partition coefficient (Wildman–Crippen LogP) is 1.97. The summed E-state index contributed by atoms with van der Waals surface area (Å²) in [7, 11) is 0. The van der Waals surface area contributed by atoms with Gasteiger partial charge in [0.1, 0.15) is 12.3 Å². The number of hydrogen-bond acceptors (Lipinski definition) is 4. The molecular weight excluding hydrogens is 144 g/mol. The van der Waals surface area contributed by atoms with Crippen molar-refractivity contribution in [1.82, 2.24) is 4.98 Å². The van der Waals surface area contributed by atoms with Gasteiger partial charge >= 0.3 is 0 Å². The molecule has 0 aliphatic heterocycles. The molecule has 0 atom stereocenters. The van der Waals surface area contributed by atoms with Gasteiger partial charge in [-0.3, -0.25) is 0 Å². The van der Waals surface area contributed by atoms with Gasteiger partial charge in [-0.05, 0) is 6.92 Å². The molecule has 0 radical (unpaired) electrons. The maximum Gasteiger partial charge on any atom is 0.221 e. The van der Waals surface area contributed by atoms with Crippen molar-refractivity contribution in [3.63, 3.8) is 0 Å². The zero-order valence-corrected chi connectivity index (χ0v) is 6.20. The molecule has 1 aromatic rings. The first-order valence-corrected chi connectivity index (χ1v) is 3.13. The summed E-state index contributed by atoms with van der Waals surface area (Å²) in [5, 5.41) is 2.67. The maximum atomic E-state index is 9.79. The summed E-state index contributed by atoms with van der Waals surface area (Å²) in [5.41, 5.74) is 0.738. The van der Waals surface area contributed by atoms with Gasteiger partial charge < -0.3 is 4.42 Å². The smallest absolute Gasteiger partial charge is 0.221 e. The molecule has 4 heteroatoms. The van der Waals surface area contributed by atoms with Crippen LogP contribution in [0.3, 0.4) is 0 Å². The third kappa shape index (κ3) is 1.73. The summed E-state index contributed by atoms with van der Waals surface area (Å²) in [6, 6.07) is 0. The fourth-order valence-electron chi connectivity index (χ4n) is 0.642. The normalized spacial score (nSPS) is 9.55. The average Bonchev–Trinajstić information content (AvgIpc) is 2.37. The zero-order valence-electron chi connectivity index (χ0n) is 6.20. The molecule has 58 valence electrons. The lowest BCUT2D eigenvalue weighted by molar-refractivity contribution is 0.493. The van der Waals surface area contributed by atoms with Gasteiger partial charge in [0.05, 0.1) is 6.20 Å². The van der Waals surface area contributed by atoms with Crippen LogP contribution in [0.15, 0.2) is 22.4 Å². The van der Waals surface area contributed by atoms with Gasteiger partial charge in [0.15, 0.2) is 0 Å². The van der Waals surface area contributed by atoms with E-state index in [2.05, 4.69) is 16.7 Å².